The van der Waals surface area contributed by atoms with Gasteiger partial charge in [0.15, 0.2) is 22.8 Å². The first kappa shape index (κ1) is 96.8. The van der Waals surface area contributed by atoms with Crippen molar-refractivity contribution in [2.24, 2.45) is 23.3 Å². The lowest BCUT2D eigenvalue weighted by atomic mass is 9.92. The number of carboxylic acid groups (broad SMARTS) is 2. The minimum Gasteiger partial charge on any atom is -0.488 e. The van der Waals surface area contributed by atoms with Crippen molar-refractivity contribution < 1.29 is 167 Å². The van der Waals surface area contributed by atoms with Gasteiger partial charge in [0.2, 0.25) is 0 Å². The van der Waals surface area contributed by atoms with Crippen LogP contribution in [-0.2, 0) is 51.9 Å². The number of carbonyl (C=O) groups excluding carboxylic acids is 1. The Morgan fingerprint density at radius 3 is 1.65 bits per heavy atom. The molecule has 7 rings (SSSR count). The number of nitriles is 1. The second kappa shape index (κ2) is 41.4. The molecule has 10 N–H and O–H groups in total. The predicted molar refractivity (Wildman–Crippen MR) is 346 cm³/mol. The van der Waals surface area contributed by atoms with Gasteiger partial charge in [0.05, 0.1) is 35.0 Å². The van der Waals surface area contributed by atoms with Crippen LogP contribution in [0.1, 0.15) is 108 Å². The molecule has 2 unspecified atom stereocenters. The highest BCUT2D eigenvalue weighted by Crippen LogP contribution is 2.45. The van der Waals surface area contributed by atoms with E-state index < -0.39 is 103 Å². The maximum Gasteiger partial charge on any atom is 0.522 e. The summed E-state index contributed by atoms with van der Waals surface area (Å²) in [6, 6.07) is 15.0. The Labute approximate surface area is 611 Å². The van der Waals surface area contributed by atoms with Crippen LogP contribution in [0.15, 0.2) is 54.6 Å². The molecule has 4 aromatic carbocycles. The van der Waals surface area contributed by atoms with E-state index in [2.05, 4.69) is 41.1 Å². The van der Waals surface area contributed by atoms with Crippen molar-refractivity contribution in [1.82, 2.24) is 4.98 Å². The summed E-state index contributed by atoms with van der Waals surface area (Å²) in [5.74, 6) is 3.22. The molecule has 0 radical (unpaired) electrons. The summed E-state index contributed by atoms with van der Waals surface area (Å²) in [5.41, 5.74) is -2.17. The van der Waals surface area contributed by atoms with Crippen LogP contribution >= 0.6 is 34.5 Å². The minimum absolute atomic E-state index is 0.00327. The van der Waals surface area contributed by atoms with Gasteiger partial charge in [-0.15, -0.1) is 11.3 Å². The molecular weight excluding hydrogens is 1620 g/mol. The van der Waals surface area contributed by atoms with E-state index in [0.29, 0.717) is 28.3 Å². The van der Waals surface area contributed by atoms with E-state index in [1.807, 2.05) is 33.8 Å². The van der Waals surface area contributed by atoms with Crippen LogP contribution in [0, 0.1) is 55.8 Å². The van der Waals surface area contributed by atoms with Crippen LogP contribution in [0.25, 0.3) is 10.6 Å². The lowest BCUT2D eigenvalue weighted by Gasteiger charge is -2.32. The second-order valence-corrected chi connectivity index (χ2v) is 27.9. The van der Waals surface area contributed by atoms with Crippen LogP contribution in [0.3, 0.4) is 0 Å². The minimum atomic E-state index is -5.84. The summed E-state index contributed by atoms with van der Waals surface area (Å²) in [4.78, 5) is 37.7. The van der Waals surface area contributed by atoms with E-state index in [9.17, 15) is 94.3 Å². The zero-order valence-electron chi connectivity index (χ0n) is 55.5. The van der Waals surface area contributed by atoms with Crippen LogP contribution < -0.4 is 40.5 Å². The second-order valence-electron chi connectivity index (χ2n) is 21.8. The van der Waals surface area contributed by atoms with Gasteiger partial charge in [0.25, 0.3) is 0 Å². The third-order valence-electron chi connectivity index (χ3n) is 12.7. The lowest BCUT2D eigenvalue weighted by molar-refractivity contribution is -0.137. The summed E-state index contributed by atoms with van der Waals surface area (Å²) < 4.78 is 300. The molecule has 2 heterocycles. The van der Waals surface area contributed by atoms with Crippen molar-refractivity contribution in [1.29, 1.82) is 5.26 Å². The first-order valence-electron chi connectivity index (χ1n) is 28.9. The molecule has 3 atom stereocenters. The number of fused-ring (bicyclic) bond motifs is 1. The van der Waals surface area contributed by atoms with Crippen LogP contribution in [0.2, 0.25) is 10.0 Å². The lowest BCUT2D eigenvalue weighted by Crippen LogP contribution is -2.36. The maximum absolute atomic E-state index is 12.8. The molecule has 1 amide bonds. The van der Waals surface area contributed by atoms with Gasteiger partial charge in [-0.05, 0) is 131 Å². The highest BCUT2D eigenvalue weighted by Gasteiger charge is 2.46. The Kier molecular flexibility index (Phi) is 37.5. The number of nitrogens with one attached hydrogen (secondary N) is 1. The van der Waals surface area contributed by atoms with Crippen molar-refractivity contribution >= 4 is 88.6 Å². The summed E-state index contributed by atoms with van der Waals surface area (Å²) in [5, 5.41) is 30.1. The fourth-order valence-corrected chi connectivity index (χ4v) is 8.94. The molecule has 48 heteroatoms. The first-order chi connectivity index (χ1) is 48.7. The monoisotopic (exact) mass is 1680 g/mol. The predicted octanol–water partition coefficient (Wildman–Crippen LogP) is 15.3. The molecule has 5 aromatic rings. The smallest absolute Gasteiger partial charge is 0.488 e. The topological polar surface area (TPSA) is 411 Å². The van der Waals surface area contributed by atoms with Gasteiger partial charge in [0, 0.05) is 40.1 Å². The van der Waals surface area contributed by atoms with Gasteiger partial charge in [0.1, 0.15) is 27.5 Å². The fraction of sp³-hybridized carbons (Fsp3) is 0.441. The third-order valence-corrected chi connectivity index (χ3v) is 16.2. The Morgan fingerprint density at radius 2 is 1.23 bits per heavy atom. The quantitative estimate of drug-likeness (QED) is 0.0155. The molecular formula is C59H62Cl2F17N5O20S4. The number of benzene rings is 4. The van der Waals surface area contributed by atoms with Crippen molar-refractivity contribution in [3.05, 3.63) is 109 Å². The average Bonchev–Trinajstić information content (AvgIpc) is 1.03. The van der Waals surface area contributed by atoms with Crippen LogP contribution in [-0.4, -0.2) is 134 Å². The van der Waals surface area contributed by atoms with Gasteiger partial charge < -0.3 is 50.1 Å². The largest absolute Gasteiger partial charge is 0.522 e. The summed E-state index contributed by atoms with van der Waals surface area (Å²) in [6.07, 6.45) is 2.68. The molecule has 2 aliphatic rings. The van der Waals surface area contributed by atoms with Gasteiger partial charge in [-0.1, -0.05) is 61.0 Å². The highest BCUT2D eigenvalue weighted by atomic mass is 35.5. The number of aryl methyl sites for hydroxylation is 2. The Morgan fingerprint density at radius 1 is 0.748 bits per heavy atom. The molecule has 107 heavy (non-hydrogen) atoms. The number of rotatable bonds is 20. The van der Waals surface area contributed by atoms with Gasteiger partial charge in [-0.25, -0.2) is 14.6 Å². The van der Waals surface area contributed by atoms with Gasteiger partial charge in [-0.2, -0.15) is 105 Å². The molecule has 1 saturated carbocycles. The number of carbonyl (C=O) groups is 3. The molecule has 0 spiro atoms. The van der Waals surface area contributed by atoms with Gasteiger partial charge >= 0.3 is 91.4 Å². The van der Waals surface area contributed by atoms with Crippen molar-refractivity contribution in [3.63, 3.8) is 0 Å². The molecule has 1 aliphatic carbocycles. The number of cyclic esters (lactones) is 1. The molecule has 25 nitrogen and oxygen atoms in total. The third kappa shape index (κ3) is 33.9. The number of nitrogens with two attached hydrogens (primary N) is 2. The number of ether oxygens (including phenoxy) is 6. The number of aromatic nitrogens is 1. The molecule has 600 valence electrons. The Bertz CT molecular complexity index is 4210. The number of nitrogens with zero attached hydrogens (tertiary/aromatic N) is 2. The maximum atomic E-state index is 12.8. The normalized spacial score (nSPS) is 14.7. The van der Waals surface area contributed by atoms with E-state index >= 15 is 0 Å². The average molecular weight is 1680 g/mol. The first-order valence-corrected chi connectivity index (χ1v) is 34.8. The number of hydrogen-bond donors (Lipinski definition) is 8. The zero-order chi connectivity index (χ0) is 83.0. The summed E-state index contributed by atoms with van der Waals surface area (Å²) in [6.45, 7) is 0.979. The standard InChI is InChI=1S/C17H16F2N2O4S.C15H12ClF2NO3.C13H19F2NO.C11H12ClF2NO3.3CHF3O3S/c1-8(2)7-24-13-11(6-20)4-10(5-12(13)25-17(18)19)15-21-9(3)14(26-15)16(22)23;1-15(5-4-8-2-3-8)10-6-9(16)7-11(21-13(17)18)12(10)19-14(20)22-15;1-8-4-7-12(17-13(14)15)10(3)11(8)6-5-9(2)16;12-8-2-1-6(3-9(8)18-11(13)14)7(5-15)4-10(16)17;3*2-1(3,4)8(5,6)7/h4-5,8,17H,7H2,1-3H3,(H,22,23);6-8,13H,2-3H2,1H3,(H,19,20);4,7,9,13H,5-6,16H2,1-3H3;1-3,7,11H,4-5,15H2,(H,16,17);3*(H,5,6,7)/t;15-;;;;;/m.0...../s1. The number of anilines is 1. The number of aliphatic carboxylic acids is 1. The fourth-order valence-electron chi connectivity index (χ4n) is 7.67. The van der Waals surface area contributed by atoms with E-state index in [1.165, 1.54) is 43.3 Å². The number of aromatic carboxylic acids is 1. The Balaban J connectivity index is 0.000000652. The number of halogens is 19. The van der Waals surface area contributed by atoms with E-state index in [1.54, 1.807) is 32.0 Å². The molecule has 1 fully saturated rings. The Hall–Kier alpha value is -8.19. The number of amides is 1. The van der Waals surface area contributed by atoms with Crippen molar-refractivity contribution in [3.8, 4) is 57.2 Å². The van der Waals surface area contributed by atoms with E-state index in [4.69, 9.17) is 93.3 Å². The number of thiazole rings is 1. The zero-order valence-corrected chi connectivity index (χ0v) is 60.3. The van der Waals surface area contributed by atoms with E-state index in [0.717, 1.165) is 53.7 Å². The number of alkyl halides is 17. The van der Waals surface area contributed by atoms with Crippen LogP contribution in [0.5, 0.6) is 28.7 Å². The number of hydrogen-bond acceptors (Lipinski definition) is 20. The van der Waals surface area contributed by atoms with Gasteiger partial charge in [-0.3, -0.25) is 23.8 Å². The molecule has 0 bridgehead atoms. The summed E-state index contributed by atoms with van der Waals surface area (Å²) in [7, 11) is -17.5. The van der Waals surface area contributed by atoms with Crippen LogP contribution in [0.4, 0.5) is 85.1 Å². The molecule has 1 aliphatic heterocycles. The molecule has 1 aromatic heterocycles. The number of carboxylic acids is 2. The summed E-state index contributed by atoms with van der Waals surface area (Å²) >= 11 is 12.5. The van der Waals surface area contributed by atoms with E-state index in [-0.39, 0.29) is 91.5 Å². The highest BCUT2D eigenvalue weighted by molar-refractivity contribution is 7.87. The molecule has 0 saturated heterocycles. The SMILES string of the molecule is C[C@@]1(C#CC2CC2)OC(=O)Nc2c(OC(F)F)cc(Cl)cc21.Cc1ccc(OC(F)F)c(C)c1CCC(C)N.Cc1nc(-c2cc(C#N)c(OCC(C)C)c(OC(F)F)c2)sc1C(=O)O.NCC(CC(=O)O)c1ccc(Cl)c(OC(F)F)c1.O=S(=O)(O)C(F)(F)F.O=S(=O)(O)C(F)(F)F.O=S(=O)(O)C(F)(F)F. The van der Waals surface area contributed by atoms with Crippen molar-refractivity contribution in [2.45, 2.75) is 141 Å². The van der Waals surface area contributed by atoms with Crippen molar-refractivity contribution in [2.75, 3.05) is 18.5 Å².